The van der Waals surface area contributed by atoms with Crippen LogP contribution in [0.15, 0.2) is 0 Å². The van der Waals surface area contributed by atoms with Gasteiger partial charge in [0.25, 0.3) is 0 Å². The van der Waals surface area contributed by atoms with Gasteiger partial charge < -0.3 is 10.8 Å². The maximum Gasteiger partial charge on any atom is 0.320 e. The highest BCUT2D eigenvalue weighted by Crippen LogP contribution is 1.94. The molecule has 0 radical (unpaired) electrons. The number of amides is 2. The molecule has 0 fully saturated rings. The van der Waals surface area contributed by atoms with Crippen molar-refractivity contribution in [2.75, 3.05) is 0 Å². The Balaban J connectivity index is 3.70. The smallest absolute Gasteiger partial charge is 0.320 e. The van der Waals surface area contributed by atoms with E-state index in [4.69, 9.17) is 10.8 Å². The summed E-state index contributed by atoms with van der Waals surface area (Å²) in [4.78, 5) is 31.4. The van der Waals surface area contributed by atoms with E-state index in [0.29, 0.717) is 0 Å². The summed E-state index contributed by atoms with van der Waals surface area (Å²) in [6.07, 6.45) is -0.0402. The first kappa shape index (κ1) is 11.6. The summed E-state index contributed by atoms with van der Waals surface area (Å²) in [6, 6.07) is -1.06. The zero-order valence-corrected chi connectivity index (χ0v) is 7.24. The molecule has 0 saturated carbocycles. The van der Waals surface area contributed by atoms with E-state index in [1.807, 2.05) is 5.32 Å². The topological polar surface area (TPSA) is 109 Å². The summed E-state index contributed by atoms with van der Waals surface area (Å²) in [5, 5.41) is 10.4. The Bertz CT molecular complexity index is 227. The fourth-order valence-electron chi connectivity index (χ4n) is 0.669. The molecule has 0 unspecified atom stereocenters. The maximum atomic E-state index is 10.8. The van der Waals surface area contributed by atoms with E-state index in [1.165, 1.54) is 6.92 Å². The molecular weight excluding hydrogens is 176 g/mol. The number of carbonyl (C=O) groups is 3. The number of carboxylic acid groups (broad SMARTS) is 1. The van der Waals surface area contributed by atoms with Crippen LogP contribution in [0.4, 0.5) is 0 Å². The molecule has 0 spiro atoms. The van der Waals surface area contributed by atoms with Crippen molar-refractivity contribution in [3.05, 3.63) is 0 Å². The summed E-state index contributed by atoms with van der Waals surface area (Å²) >= 11 is 0. The van der Waals surface area contributed by atoms with E-state index in [2.05, 4.69) is 0 Å². The van der Waals surface area contributed by atoms with Gasteiger partial charge in [-0.15, -0.1) is 0 Å². The molecule has 74 valence electrons. The molecule has 0 aromatic heterocycles. The molecule has 0 saturated heterocycles. The van der Waals surface area contributed by atoms with Crippen molar-refractivity contribution in [3.63, 3.8) is 0 Å². The zero-order valence-electron chi connectivity index (χ0n) is 7.24. The van der Waals surface area contributed by atoms with Crippen molar-refractivity contribution in [1.82, 2.24) is 5.32 Å². The molecule has 4 N–H and O–H groups in total. The van der Waals surface area contributed by atoms with Gasteiger partial charge in [-0.2, -0.15) is 0 Å². The second kappa shape index (κ2) is 5.26. The molecule has 0 heterocycles. The number of carboxylic acids is 1. The number of rotatable bonds is 4. The summed E-state index contributed by atoms with van der Waals surface area (Å²) in [5.74, 6) is -2.13. The standard InChI is InChI=1S/C7H12N2O4/c1-4(10)9-6(11)3-2-5(8)7(12)13/h5H,2-3,8H2,1H3,(H,12,13)(H,9,10,11)/t5-/m0/s1. The first-order valence-electron chi connectivity index (χ1n) is 3.72. The van der Waals surface area contributed by atoms with Crippen molar-refractivity contribution in [2.24, 2.45) is 5.73 Å². The van der Waals surface area contributed by atoms with Gasteiger partial charge in [0.15, 0.2) is 0 Å². The molecule has 0 aromatic rings. The quantitative estimate of drug-likeness (QED) is 0.515. The second-order valence-electron chi connectivity index (χ2n) is 2.59. The minimum Gasteiger partial charge on any atom is -0.480 e. The van der Waals surface area contributed by atoms with Gasteiger partial charge in [0, 0.05) is 13.3 Å². The number of hydrogen-bond acceptors (Lipinski definition) is 4. The van der Waals surface area contributed by atoms with Crippen LogP contribution in [0.2, 0.25) is 0 Å². The Morgan fingerprint density at radius 2 is 2.00 bits per heavy atom. The van der Waals surface area contributed by atoms with Gasteiger partial charge in [-0.1, -0.05) is 0 Å². The molecule has 0 aliphatic heterocycles. The van der Waals surface area contributed by atoms with Gasteiger partial charge in [0.2, 0.25) is 11.8 Å². The Hall–Kier alpha value is -1.43. The van der Waals surface area contributed by atoms with Crippen LogP contribution in [0.3, 0.4) is 0 Å². The Kier molecular flexibility index (Phi) is 4.68. The Labute approximate surface area is 75.1 Å². The van der Waals surface area contributed by atoms with E-state index in [0.717, 1.165) is 0 Å². The zero-order chi connectivity index (χ0) is 10.4. The lowest BCUT2D eigenvalue weighted by molar-refractivity contribution is -0.138. The average molecular weight is 188 g/mol. The minimum absolute atomic E-state index is 0.0223. The molecule has 2 amide bonds. The molecule has 6 heteroatoms. The highest BCUT2D eigenvalue weighted by Gasteiger charge is 2.13. The first-order chi connectivity index (χ1) is 5.93. The van der Waals surface area contributed by atoms with Gasteiger partial charge in [0.05, 0.1) is 0 Å². The SMILES string of the molecule is CC(=O)NC(=O)CC[C@H](N)C(=O)O. The predicted octanol–water partition coefficient (Wildman–Crippen LogP) is -1.16. The normalized spacial score (nSPS) is 11.8. The van der Waals surface area contributed by atoms with Crippen molar-refractivity contribution in [3.8, 4) is 0 Å². The fraction of sp³-hybridized carbons (Fsp3) is 0.571. The van der Waals surface area contributed by atoms with Crippen molar-refractivity contribution in [2.45, 2.75) is 25.8 Å². The third-order valence-corrected chi connectivity index (χ3v) is 1.32. The minimum atomic E-state index is -1.16. The Morgan fingerprint density at radius 1 is 1.46 bits per heavy atom. The molecule has 0 rings (SSSR count). The lowest BCUT2D eigenvalue weighted by Crippen LogP contribution is -2.33. The molecule has 13 heavy (non-hydrogen) atoms. The molecule has 1 atom stereocenters. The summed E-state index contributed by atoms with van der Waals surface area (Å²) < 4.78 is 0. The maximum absolute atomic E-state index is 10.8. The van der Waals surface area contributed by atoms with Crippen LogP contribution in [-0.2, 0) is 14.4 Å². The van der Waals surface area contributed by atoms with Gasteiger partial charge >= 0.3 is 5.97 Å². The lowest BCUT2D eigenvalue weighted by Gasteiger charge is -2.04. The number of aliphatic carboxylic acids is 1. The van der Waals surface area contributed by atoms with Crippen LogP contribution in [0.1, 0.15) is 19.8 Å². The van der Waals surface area contributed by atoms with Crippen molar-refractivity contribution < 1.29 is 19.5 Å². The van der Waals surface area contributed by atoms with E-state index in [-0.39, 0.29) is 12.8 Å². The Morgan fingerprint density at radius 3 is 2.38 bits per heavy atom. The van der Waals surface area contributed by atoms with Crippen LogP contribution in [0.25, 0.3) is 0 Å². The molecule has 0 bridgehead atoms. The summed E-state index contributed by atoms with van der Waals surface area (Å²) in [7, 11) is 0. The van der Waals surface area contributed by atoms with Crippen LogP contribution < -0.4 is 11.1 Å². The molecule has 6 nitrogen and oxygen atoms in total. The second-order valence-corrected chi connectivity index (χ2v) is 2.59. The molecule has 0 aliphatic rings. The number of imide groups is 1. The highest BCUT2D eigenvalue weighted by molar-refractivity contribution is 5.94. The van der Waals surface area contributed by atoms with Gasteiger partial charge in [0.1, 0.15) is 6.04 Å². The van der Waals surface area contributed by atoms with E-state index < -0.39 is 23.8 Å². The van der Waals surface area contributed by atoms with E-state index >= 15 is 0 Å². The molecular formula is C7H12N2O4. The molecule has 0 aromatic carbocycles. The summed E-state index contributed by atoms with van der Waals surface area (Å²) in [5.41, 5.74) is 5.13. The van der Waals surface area contributed by atoms with Gasteiger partial charge in [-0.25, -0.2) is 0 Å². The number of nitrogens with two attached hydrogens (primary N) is 1. The van der Waals surface area contributed by atoms with Crippen LogP contribution >= 0.6 is 0 Å². The van der Waals surface area contributed by atoms with Gasteiger partial charge in [-0.05, 0) is 6.42 Å². The molecule has 0 aliphatic carbocycles. The number of hydrogen-bond donors (Lipinski definition) is 3. The third kappa shape index (κ3) is 5.80. The fourth-order valence-corrected chi connectivity index (χ4v) is 0.669. The van der Waals surface area contributed by atoms with Crippen LogP contribution in [0, 0.1) is 0 Å². The van der Waals surface area contributed by atoms with Crippen LogP contribution in [0.5, 0.6) is 0 Å². The van der Waals surface area contributed by atoms with E-state index in [1.54, 1.807) is 0 Å². The van der Waals surface area contributed by atoms with Gasteiger partial charge in [-0.3, -0.25) is 19.7 Å². The first-order valence-corrected chi connectivity index (χ1v) is 3.72. The number of carbonyl (C=O) groups excluding carboxylic acids is 2. The lowest BCUT2D eigenvalue weighted by atomic mass is 10.1. The third-order valence-electron chi connectivity index (χ3n) is 1.32. The number of nitrogens with one attached hydrogen (secondary N) is 1. The summed E-state index contributed by atoms with van der Waals surface area (Å²) in [6.45, 7) is 1.20. The predicted molar refractivity (Wildman–Crippen MR) is 43.7 cm³/mol. The van der Waals surface area contributed by atoms with E-state index in [9.17, 15) is 14.4 Å². The average Bonchev–Trinajstić information content (AvgIpc) is 1.98. The highest BCUT2D eigenvalue weighted by atomic mass is 16.4. The largest absolute Gasteiger partial charge is 0.480 e. The monoisotopic (exact) mass is 188 g/mol. The van der Waals surface area contributed by atoms with Crippen molar-refractivity contribution >= 4 is 17.8 Å². The van der Waals surface area contributed by atoms with Crippen molar-refractivity contribution in [1.29, 1.82) is 0 Å². The van der Waals surface area contributed by atoms with Crippen LogP contribution in [-0.4, -0.2) is 28.9 Å².